The monoisotopic (exact) mass is 303 g/mol. The van der Waals surface area contributed by atoms with Crippen LogP contribution in [-0.4, -0.2) is 37.4 Å². The van der Waals surface area contributed by atoms with E-state index in [1.54, 1.807) is 0 Å². The molecule has 6 heteroatoms. The van der Waals surface area contributed by atoms with Crippen LogP contribution in [0.25, 0.3) is 0 Å². The van der Waals surface area contributed by atoms with Gasteiger partial charge in [-0.3, -0.25) is 9.58 Å². The van der Waals surface area contributed by atoms with Gasteiger partial charge in [0.2, 0.25) is 5.89 Å². The molecular weight excluding hydrogens is 278 g/mol. The van der Waals surface area contributed by atoms with Crippen molar-refractivity contribution in [3.8, 4) is 0 Å². The van der Waals surface area contributed by atoms with Gasteiger partial charge in [0.25, 0.3) is 0 Å². The Balaban J connectivity index is 1.65. The molecule has 1 fully saturated rings. The molecule has 0 spiro atoms. The van der Waals surface area contributed by atoms with Crippen LogP contribution in [0.5, 0.6) is 0 Å². The Morgan fingerprint density at radius 1 is 1.36 bits per heavy atom. The van der Waals surface area contributed by atoms with Crippen molar-refractivity contribution in [2.45, 2.75) is 65.1 Å². The Labute approximate surface area is 131 Å². The van der Waals surface area contributed by atoms with Crippen LogP contribution in [0.15, 0.2) is 16.9 Å². The molecule has 1 unspecified atom stereocenters. The Kier molecular flexibility index (Phi) is 4.04. The largest absolute Gasteiger partial charge is 0.339 e. The van der Waals surface area contributed by atoms with Gasteiger partial charge < -0.3 is 4.52 Å². The zero-order valence-electron chi connectivity index (χ0n) is 13.9. The summed E-state index contributed by atoms with van der Waals surface area (Å²) < 4.78 is 7.43. The number of likely N-dealkylation sites (tertiary alicyclic amines) is 1. The predicted molar refractivity (Wildman–Crippen MR) is 83.4 cm³/mol. The van der Waals surface area contributed by atoms with Crippen molar-refractivity contribution < 1.29 is 4.52 Å². The highest BCUT2D eigenvalue weighted by atomic mass is 16.5. The van der Waals surface area contributed by atoms with Crippen molar-refractivity contribution in [2.75, 3.05) is 6.54 Å². The molecule has 1 atom stereocenters. The summed E-state index contributed by atoms with van der Waals surface area (Å²) in [6.45, 7) is 11.1. The minimum absolute atomic E-state index is 0.0950. The van der Waals surface area contributed by atoms with Crippen LogP contribution in [0, 0.1) is 6.92 Å². The lowest BCUT2D eigenvalue weighted by atomic mass is 9.97. The summed E-state index contributed by atoms with van der Waals surface area (Å²) in [4.78, 5) is 6.99. The van der Waals surface area contributed by atoms with Crippen LogP contribution in [0.4, 0.5) is 0 Å². The van der Waals surface area contributed by atoms with E-state index in [4.69, 9.17) is 4.52 Å². The molecule has 0 saturated carbocycles. The molecule has 1 aliphatic rings. The van der Waals surface area contributed by atoms with Gasteiger partial charge in [0.1, 0.15) is 0 Å². The van der Waals surface area contributed by atoms with Crippen LogP contribution in [-0.2, 0) is 18.5 Å². The fraction of sp³-hybridized carbons (Fsp3) is 0.688. The molecule has 1 saturated heterocycles. The van der Waals surface area contributed by atoms with E-state index in [-0.39, 0.29) is 5.41 Å². The molecule has 0 amide bonds. The lowest BCUT2D eigenvalue weighted by Crippen LogP contribution is -2.33. The molecule has 0 bridgehead atoms. The smallest absolute Gasteiger partial charge is 0.232 e. The number of nitrogens with zero attached hydrogens (tertiary/aromatic N) is 5. The molecular formula is C16H25N5O. The normalized spacial score (nSPS) is 19.9. The van der Waals surface area contributed by atoms with E-state index in [1.165, 1.54) is 18.4 Å². The van der Waals surface area contributed by atoms with E-state index in [0.29, 0.717) is 11.9 Å². The first kappa shape index (κ1) is 15.2. The van der Waals surface area contributed by atoms with Crippen molar-refractivity contribution in [3.05, 3.63) is 29.7 Å². The van der Waals surface area contributed by atoms with Crippen LogP contribution in [0.3, 0.4) is 0 Å². The Morgan fingerprint density at radius 3 is 2.82 bits per heavy atom. The topological polar surface area (TPSA) is 60.0 Å². The Hall–Kier alpha value is -1.69. The maximum atomic E-state index is 5.39. The highest BCUT2D eigenvalue weighted by Gasteiger charge is 2.28. The molecule has 22 heavy (non-hydrogen) atoms. The third-order valence-electron chi connectivity index (χ3n) is 4.11. The van der Waals surface area contributed by atoms with E-state index in [0.717, 1.165) is 25.5 Å². The molecule has 2 aromatic rings. The molecule has 0 N–H and O–H groups in total. The van der Waals surface area contributed by atoms with E-state index in [9.17, 15) is 0 Å². The average Bonchev–Trinajstić information content (AvgIpc) is 3.13. The molecule has 3 rings (SSSR count). The first-order valence-electron chi connectivity index (χ1n) is 7.98. The van der Waals surface area contributed by atoms with Crippen LogP contribution < -0.4 is 0 Å². The van der Waals surface area contributed by atoms with Gasteiger partial charge in [-0.05, 0) is 31.9 Å². The fourth-order valence-corrected chi connectivity index (χ4v) is 2.90. The summed E-state index contributed by atoms with van der Waals surface area (Å²) in [6.07, 6.45) is 6.43. The molecule has 6 nitrogen and oxygen atoms in total. The van der Waals surface area contributed by atoms with Crippen LogP contribution in [0.1, 0.15) is 50.9 Å². The van der Waals surface area contributed by atoms with E-state index >= 15 is 0 Å². The predicted octanol–water partition coefficient (Wildman–Crippen LogP) is 2.54. The van der Waals surface area contributed by atoms with Crippen molar-refractivity contribution in [2.24, 2.45) is 0 Å². The van der Waals surface area contributed by atoms with Crippen molar-refractivity contribution in [1.29, 1.82) is 0 Å². The van der Waals surface area contributed by atoms with E-state index in [1.807, 2.05) is 10.9 Å². The molecule has 3 heterocycles. The number of aromatic nitrogens is 4. The quantitative estimate of drug-likeness (QED) is 0.868. The van der Waals surface area contributed by atoms with Gasteiger partial charge >= 0.3 is 0 Å². The molecule has 120 valence electrons. The maximum absolute atomic E-state index is 5.39. The number of hydrogen-bond donors (Lipinski definition) is 0. The van der Waals surface area contributed by atoms with Gasteiger partial charge in [-0.2, -0.15) is 10.1 Å². The van der Waals surface area contributed by atoms with Gasteiger partial charge in [0, 0.05) is 17.7 Å². The van der Waals surface area contributed by atoms with Crippen LogP contribution in [0.2, 0.25) is 0 Å². The number of rotatable bonds is 4. The van der Waals surface area contributed by atoms with Crippen molar-refractivity contribution in [3.63, 3.8) is 0 Å². The fourth-order valence-electron chi connectivity index (χ4n) is 2.90. The number of aryl methyl sites for hydroxylation is 1. The van der Waals surface area contributed by atoms with Crippen molar-refractivity contribution >= 4 is 0 Å². The second kappa shape index (κ2) is 5.83. The highest BCUT2D eigenvalue weighted by molar-refractivity contribution is 5.01. The number of hydrogen-bond acceptors (Lipinski definition) is 5. The summed E-state index contributed by atoms with van der Waals surface area (Å²) in [5, 5.41) is 8.54. The first-order chi connectivity index (χ1) is 10.4. The summed E-state index contributed by atoms with van der Waals surface area (Å²) >= 11 is 0. The lowest BCUT2D eigenvalue weighted by molar-refractivity contribution is 0.211. The third kappa shape index (κ3) is 3.38. The molecule has 0 aromatic carbocycles. The van der Waals surface area contributed by atoms with Crippen molar-refractivity contribution in [1.82, 2.24) is 24.8 Å². The van der Waals surface area contributed by atoms with Gasteiger partial charge in [0.05, 0.1) is 19.3 Å². The van der Waals surface area contributed by atoms with Crippen LogP contribution >= 0.6 is 0 Å². The second-order valence-corrected chi connectivity index (χ2v) is 7.27. The molecule has 0 aliphatic carbocycles. The van der Waals surface area contributed by atoms with E-state index < -0.39 is 0 Å². The minimum Gasteiger partial charge on any atom is -0.339 e. The molecule has 0 radical (unpaired) electrons. The summed E-state index contributed by atoms with van der Waals surface area (Å²) in [5.41, 5.74) is 1.11. The van der Waals surface area contributed by atoms with Gasteiger partial charge in [0.15, 0.2) is 5.82 Å². The first-order valence-corrected chi connectivity index (χ1v) is 7.98. The summed E-state index contributed by atoms with van der Waals surface area (Å²) in [5.74, 6) is 1.49. The van der Waals surface area contributed by atoms with E-state index in [2.05, 4.69) is 54.0 Å². The molecule has 2 aromatic heterocycles. The average molecular weight is 303 g/mol. The maximum Gasteiger partial charge on any atom is 0.232 e. The zero-order chi connectivity index (χ0) is 15.7. The minimum atomic E-state index is -0.0950. The zero-order valence-corrected chi connectivity index (χ0v) is 13.9. The highest BCUT2D eigenvalue weighted by Crippen LogP contribution is 2.23. The van der Waals surface area contributed by atoms with Gasteiger partial charge in [-0.15, -0.1) is 0 Å². The summed E-state index contributed by atoms with van der Waals surface area (Å²) in [7, 11) is 0. The molecule has 1 aliphatic heterocycles. The second-order valence-electron chi connectivity index (χ2n) is 7.27. The Bertz CT molecular complexity index is 625. The SMILES string of the molecule is Cc1cnn(CC2CCCN2Cc2noc(C(C)(C)C)n2)c1. The summed E-state index contributed by atoms with van der Waals surface area (Å²) in [6, 6.07) is 0.496. The van der Waals surface area contributed by atoms with Gasteiger partial charge in [-0.25, -0.2) is 0 Å². The standard InChI is InChI=1S/C16H25N5O/c1-12-8-17-21(9-12)10-13-6-5-7-20(13)11-14-18-15(22-19-14)16(2,3)4/h8-9,13H,5-7,10-11H2,1-4H3. The van der Waals surface area contributed by atoms with Gasteiger partial charge in [-0.1, -0.05) is 25.9 Å². The lowest BCUT2D eigenvalue weighted by Gasteiger charge is -2.22. The third-order valence-corrected chi connectivity index (χ3v) is 4.11. The Morgan fingerprint density at radius 2 is 2.18 bits per heavy atom.